The summed E-state index contributed by atoms with van der Waals surface area (Å²) in [5, 5.41) is 9.76. The Labute approximate surface area is 120 Å². The van der Waals surface area contributed by atoms with Gasteiger partial charge in [-0.05, 0) is 0 Å². The summed E-state index contributed by atoms with van der Waals surface area (Å²) >= 11 is 0. The summed E-state index contributed by atoms with van der Waals surface area (Å²) in [6.45, 7) is 2.74. The average Bonchev–Trinajstić information content (AvgIpc) is 2.35. The van der Waals surface area contributed by atoms with E-state index in [-0.39, 0.29) is 0 Å². The lowest BCUT2D eigenvalue weighted by atomic mass is 10.00. The zero-order valence-corrected chi connectivity index (χ0v) is 11.8. The highest BCUT2D eigenvalue weighted by atomic mass is 19.1. The summed E-state index contributed by atoms with van der Waals surface area (Å²) in [6.07, 6.45) is -8.07. The molecule has 0 amide bonds. The van der Waals surface area contributed by atoms with Crippen molar-refractivity contribution in [2.75, 3.05) is 6.61 Å². The van der Waals surface area contributed by atoms with Gasteiger partial charge in [0.25, 0.3) is 0 Å². The second-order valence-electron chi connectivity index (χ2n) is 4.46. The lowest BCUT2D eigenvalue weighted by Crippen LogP contribution is -2.59. The molecule has 1 rings (SSSR count). The third kappa shape index (κ3) is 4.94. The second-order valence-corrected chi connectivity index (χ2v) is 4.46. The van der Waals surface area contributed by atoms with Crippen molar-refractivity contribution >= 4 is 17.9 Å². The van der Waals surface area contributed by atoms with Crippen molar-refractivity contribution in [3.63, 3.8) is 0 Å². The van der Waals surface area contributed by atoms with Crippen LogP contribution in [0.4, 0.5) is 4.39 Å². The van der Waals surface area contributed by atoms with E-state index in [1.54, 1.807) is 0 Å². The maximum atomic E-state index is 14.3. The number of aliphatic hydroxyl groups is 1. The van der Waals surface area contributed by atoms with Gasteiger partial charge in [-0.15, -0.1) is 0 Å². The topological polar surface area (TPSA) is 108 Å². The molecule has 9 heteroatoms. The van der Waals surface area contributed by atoms with Crippen LogP contribution in [0.15, 0.2) is 0 Å². The molecule has 0 bridgehead atoms. The highest BCUT2D eigenvalue weighted by molar-refractivity contribution is 5.67. The van der Waals surface area contributed by atoms with Crippen molar-refractivity contribution in [3.8, 4) is 0 Å². The Kier molecular flexibility index (Phi) is 6.03. The van der Waals surface area contributed by atoms with Crippen molar-refractivity contribution in [1.29, 1.82) is 0 Å². The lowest BCUT2D eigenvalue weighted by Gasteiger charge is -2.39. The molecule has 8 nitrogen and oxygen atoms in total. The van der Waals surface area contributed by atoms with Gasteiger partial charge in [0.1, 0.15) is 12.7 Å². The third-order valence-electron chi connectivity index (χ3n) is 2.64. The summed E-state index contributed by atoms with van der Waals surface area (Å²) in [5.41, 5.74) is 0. The second kappa shape index (κ2) is 7.32. The van der Waals surface area contributed by atoms with Gasteiger partial charge in [0.15, 0.2) is 24.7 Å². The molecule has 1 saturated heterocycles. The summed E-state index contributed by atoms with van der Waals surface area (Å²) < 4.78 is 33.3. The number of halogens is 1. The Morgan fingerprint density at radius 3 is 2.05 bits per heavy atom. The van der Waals surface area contributed by atoms with Gasteiger partial charge in [0.05, 0.1) is 0 Å². The number of carbonyl (C=O) groups is 3. The Morgan fingerprint density at radius 2 is 1.57 bits per heavy atom. The molecule has 1 fully saturated rings. The molecule has 0 aromatic carbocycles. The van der Waals surface area contributed by atoms with Crippen molar-refractivity contribution in [3.05, 3.63) is 0 Å². The number of rotatable bonds is 4. The molecule has 0 spiro atoms. The molecule has 0 aromatic heterocycles. The van der Waals surface area contributed by atoms with Gasteiger partial charge in [0.2, 0.25) is 0 Å². The van der Waals surface area contributed by atoms with Crippen LogP contribution in [-0.4, -0.2) is 60.4 Å². The van der Waals surface area contributed by atoms with Gasteiger partial charge < -0.3 is 24.1 Å². The molecule has 21 heavy (non-hydrogen) atoms. The van der Waals surface area contributed by atoms with Crippen molar-refractivity contribution in [2.24, 2.45) is 0 Å². The maximum Gasteiger partial charge on any atom is 0.303 e. The van der Waals surface area contributed by atoms with E-state index >= 15 is 0 Å². The number of esters is 3. The van der Waals surface area contributed by atoms with Crippen LogP contribution in [0, 0.1) is 0 Å². The molecule has 1 aliphatic heterocycles. The van der Waals surface area contributed by atoms with Crippen LogP contribution in [0.25, 0.3) is 0 Å². The van der Waals surface area contributed by atoms with Gasteiger partial charge in [-0.2, -0.15) is 0 Å². The monoisotopic (exact) mass is 308 g/mol. The summed E-state index contributed by atoms with van der Waals surface area (Å²) in [7, 11) is 0. The minimum Gasteiger partial charge on any atom is -0.463 e. The quantitative estimate of drug-likeness (QED) is 0.545. The van der Waals surface area contributed by atoms with Crippen molar-refractivity contribution in [1.82, 2.24) is 0 Å². The molecule has 0 aliphatic carbocycles. The zero-order chi connectivity index (χ0) is 16.2. The molecule has 0 aromatic rings. The third-order valence-corrected chi connectivity index (χ3v) is 2.64. The van der Waals surface area contributed by atoms with Gasteiger partial charge in [-0.25, -0.2) is 4.39 Å². The number of alkyl halides is 1. The first kappa shape index (κ1) is 17.3. The normalized spacial score (nSPS) is 32.1. The van der Waals surface area contributed by atoms with Crippen LogP contribution < -0.4 is 0 Å². The van der Waals surface area contributed by atoms with Gasteiger partial charge >= 0.3 is 17.9 Å². The summed E-state index contributed by atoms with van der Waals surface area (Å²) in [4.78, 5) is 32.7. The summed E-state index contributed by atoms with van der Waals surface area (Å²) in [5.74, 6) is -2.28. The Bertz CT molecular complexity index is 412. The molecule has 0 saturated carbocycles. The number of hydrogen-bond donors (Lipinski definition) is 1. The van der Waals surface area contributed by atoms with Gasteiger partial charge in [-0.3, -0.25) is 14.4 Å². The van der Waals surface area contributed by atoms with Crippen LogP contribution in [0.5, 0.6) is 0 Å². The molecule has 0 radical (unpaired) electrons. The Balaban J connectivity index is 2.87. The Morgan fingerprint density at radius 1 is 1.05 bits per heavy atom. The van der Waals surface area contributed by atoms with E-state index < -0.39 is 55.3 Å². The largest absolute Gasteiger partial charge is 0.463 e. The molecule has 120 valence electrons. The minimum absolute atomic E-state index is 0.474. The fraction of sp³-hybridized carbons (Fsp3) is 0.750. The number of aliphatic hydroxyl groups excluding tert-OH is 1. The molecular weight excluding hydrogens is 291 g/mol. The molecule has 5 atom stereocenters. The van der Waals surface area contributed by atoms with Crippen LogP contribution in [-0.2, 0) is 33.3 Å². The molecular formula is C12H17FO8. The number of carbonyl (C=O) groups excluding carboxylic acids is 3. The summed E-state index contributed by atoms with van der Waals surface area (Å²) in [6, 6.07) is 0. The van der Waals surface area contributed by atoms with Crippen LogP contribution >= 0.6 is 0 Å². The van der Waals surface area contributed by atoms with Crippen LogP contribution in [0.2, 0.25) is 0 Å². The highest BCUT2D eigenvalue weighted by Crippen LogP contribution is 2.27. The van der Waals surface area contributed by atoms with E-state index in [0.29, 0.717) is 0 Å². The molecule has 1 aliphatic rings. The highest BCUT2D eigenvalue weighted by Gasteiger charge is 2.50. The van der Waals surface area contributed by atoms with E-state index in [0.717, 1.165) is 20.8 Å². The van der Waals surface area contributed by atoms with E-state index in [4.69, 9.17) is 14.2 Å². The molecule has 3 unspecified atom stereocenters. The number of ether oxygens (including phenoxy) is 4. The SMILES string of the molecule is CC(=O)OCC1O[C@@H](O)C(OC(C)=O)C(OC(C)=O)[C@H]1F. The fourth-order valence-electron chi connectivity index (χ4n) is 1.86. The smallest absolute Gasteiger partial charge is 0.303 e. The number of hydrogen-bond acceptors (Lipinski definition) is 8. The van der Waals surface area contributed by atoms with Crippen molar-refractivity contribution in [2.45, 2.75) is 51.5 Å². The first-order valence-electron chi connectivity index (χ1n) is 6.17. The van der Waals surface area contributed by atoms with Crippen LogP contribution in [0.3, 0.4) is 0 Å². The minimum atomic E-state index is -1.94. The van der Waals surface area contributed by atoms with Crippen LogP contribution in [0.1, 0.15) is 20.8 Å². The Hall–Kier alpha value is -1.74. The van der Waals surface area contributed by atoms with Gasteiger partial charge in [0, 0.05) is 20.8 Å². The fourth-order valence-corrected chi connectivity index (χ4v) is 1.86. The maximum absolute atomic E-state index is 14.3. The molecule has 1 N–H and O–H groups in total. The van der Waals surface area contributed by atoms with E-state index in [1.165, 1.54) is 0 Å². The molecule has 1 heterocycles. The average molecular weight is 308 g/mol. The first-order chi connectivity index (χ1) is 9.72. The van der Waals surface area contributed by atoms with E-state index in [2.05, 4.69) is 4.74 Å². The van der Waals surface area contributed by atoms with Crippen molar-refractivity contribution < 1.29 is 42.8 Å². The lowest BCUT2D eigenvalue weighted by molar-refractivity contribution is -0.283. The standard InChI is InChI=1S/C12H17FO8/c1-5(14)18-4-8-9(13)10(19-6(2)15)11(12(17)21-8)20-7(3)16/h8-12,17H,4H2,1-3H3/t8?,9-,10?,11?,12+/m0/s1. The van der Waals surface area contributed by atoms with Gasteiger partial charge in [-0.1, -0.05) is 0 Å². The predicted molar refractivity (Wildman–Crippen MR) is 63.5 cm³/mol. The van der Waals surface area contributed by atoms with E-state index in [9.17, 15) is 23.9 Å². The van der Waals surface area contributed by atoms with E-state index in [1.807, 2.05) is 0 Å². The first-order valence-corrected chi connectivity index (χ1v) is 6.17. The predicted octanol–water partition coefficient (Wildman–Crippen LogP) is -0.532. The zero-order valence-electron chi connectivity index (χ0n) is 11.8.